The second kappa shape index (κ2) is 12.7. The van der Waals surface area contributed by atoms with Gasteiger partial charge in [-0.15, -0.1) is 6.58 Å². The van der Waals surface area contributed by atoms with Gasteiger partial charge >= 0.3 is 5.97 Å². The van der Waals surface area contributed by atoms with Crippen molar-refractivity contribution in [1.82, 2.24) is 10.4 Å². The largest absolute Gasteiger partial charge is 0.493 e. The number of fused-ring (bicyclic) bond motifs is 1. The van der Waals surface area contributed by atoms with Crippen molar-refractivity contribution in [2.45, 2.75) is 13.3 Å². The van der Waals surface area contributed by atoms with Gasteiger partial charge in [0.15, 0.2) is 24.7 Å². The summed E-state index contributed by atoms with van der Waals surface area (Å²) in [7, 11) is 1.49. The normalized spacial score (nSPS) is 10.7. The summed E-state index contributed by atoms with van der Waals surface area (Å²) in [5, 5.41) is 4.92. The molecule has 0 atom stereocenters. The maximum Gasteiger partial charge on any atom is 0.344 e. The zero-order valence-corrected chi connectivity index (χ0v) is 19.7. The first-order valence-electron chi connectivity index (χ1n) is 10.9. The number of aromatic nitrogens is 1. The minimum absolute atomic E-state index is 0.224. The second-order valence-corrected chi connectivity index (χ2v) is 7.21. The Morgan fingerprint density at radius 3 is 2.71 bits per heavy atom. The first-order valence-corrected chi connectivity index (χ1v) is 10.9. The van der Waals surface area contributed by atoms with Crippen LogP contribution >= 0.6 is 0 Å². The van der Waals surface area contributed by atoms with Gasteiger partial charge in [-0.2, -0.15) is 5.10 Å². The maximum atomic E-state index is 12.2. The van der Waals surface area contributed by atoms with Crippen molar-refractivity contribution in [2.24, 2.45) is 5.10 Å². The smallest absolute Gasteiger partial charge is 0.344 e. The number of pyridine rings is 1. The van der Waals surface area contributed by atoms with Crippen molar-refractivity contribution in [3.8, 4) is 17.2 Å². The topological polar surface area (TPSA) is 108 Å². The molecule has 3 aromatic rings. The van der Waals surface area contributed by atoms with E-state index >= 15 is 0 Å². The number of hydrazone groups is 1. The molecule has 1 N–H and O–H groups in total. The summed E-state index contributed by atoms with van der Waals surface area (Å²) in [6.07, 6.45) is 5.31. The molecule has 1 heterocycles. The lowest BCUT2D eigenvalue weighted by Gasteiger charge is -2.15. The molecular formula is C26H27N3O6. The molecule has 9 nitrogen and oxygen atoms in total. The van der Waals surface area contributed by atoms with Gasteiger partial charge in [-0.1, -0.05) is 24.3 Å². The van der Waals surface area contributed by atoms with Crippen LogP contribution in [-0.4, -0.2) is 50.0 Å². The van der Waals surface area contributed by atoms with E-state index < -0.39 is 11.9 Å². The van der Waals surface area contributed by atoms with Crippen LogP contribution in [0.3, 0.4) is 0 Å². The molecule has 0 radical (unpaired) electrons. The van der Waals surface area contributed by atoms with E-state index in [0.29, 0.717) is 34.7 Å². The monoisotopic (exact) mass is 477 g/mol. The van der Waals surface area contributed by atoms with E-state index in [0.717, 1.165) is 10.9 Å². The van der Waals surface area contributed by atoms with Gasteiger partial charge in [0.2, 0.25) is 0 Å². The quantitative estimate of drug-likeness (QED) is 0.184. The number of ether oxygens (including phenoxy) is 4. The number of para-hydroxylation sites is 1. The van der Waals surface area contributed by atoms with E-state index in [2.05, 4.69) is 22.1 Å². The number of carbonyl (C=O) groups is 2. The number of methoxy groups -OCH3 is 1. The van der Waals surface area contributed by atoms with Gasteiger partial charge in [0.25, 0.3) is 5.91 Å². The highest BCUT2D eigenvalue weighted by Crippen LogP contribution is 2.33. The number of allylic oxidation sites excluding steroid dienone is 1. The van der Waals surface area contributed by atoms with E-state index in [1.165, 1.54) is 13.3 Å². The lowest BCUT2D eigenvalue weighted by molar-refractivity contribution is -0.145. The molecule has 0 unspecified atom stereocenters. The van der Waals surface area contributed by atoms with Crippen molar-refractivity contribution in [3.63, 3.8) is 0 Å². The molecule has 0 bridgehead atoms. The first-order chi connectivity index (χ1) is 17.0. The fraction of sp³-hybridized carbons (Fsp3) is 0.231. The third kappa shape index (κ3) is 7.04. The number of amides is 1. The lowest BCUT2D eigenvalue weighted by atomic mass is 10.1. The number of esters is 1. The summed E-state index contributed by atoms with van der Waals surface area (Å²) in [6.45, 7) is 5.28. The fourth-order valence-corrected chi connectivity index (χ4v) is 3.26. The van der Waals surface area contributed by atoms with Crippen molar-refractivity contribution in [2.75, 3.05) is 26.9 Å². The highest BCUT2D eigenvalue weighted by atomic mass is 16.6. The molecule has 9 heteroatoms. The molecule has 0 spiro atoms. The molecule has 2 aromatic carbocycles. The Bertz CT molecular complexity index is 1220. The lowest BCUT2D eigenvalue weighted by Crippen LogP contribution is -2.24. The van der Waals surface area contributed by atoms with Crippen LogP contribution in [0.2, 0.25) is 0 Å². The highest BCUT2D eigenvalue weighted by molar-refractivity contribution is 5.86. The zero-order valence-electron chi connectivity index (χ0n) is 19.7. The van der Waals surface area contributed by atoms with Gasteiger partial charge in [-0.05, 0) is 43.2 Å². The molecule has 0 aliphatic rings. The van der Waals surface area contributed by atoms with Crippen molar-refractivity contribution in [3.05, 3.63) is 72.4 Å². The number of hydrogen-bond donors (Lipinski definition) is 1. The number of nitrogens with zero attached hydrogens (tertiary/aromatic N) is 2. The molecule has 1 amide bonds. The number of benzene rings is 2. The molecule has 1 aromatic heterocycles. The number of nitrogens with one attached hydrogen (secondary N) is 1. The van der Waals surface area contributed by atoms with E-state index in [1.807, 2.05) is 24.3 Å². The molecule has 0 aliphatic heterocycles. The van der Waals surface area contributed by atoms with Crippen molar-refractivity contribution in [1.29, 1.82) is 0 Å². The van der Waals surface area contributed by atoms with Gasteiger partial charge in [0, 0.05) is 17.1 Å². The summed E-state index contributed by atoms with van der Waals surface area (Å²) >= 11 is 0. The van der Waals surface area contributed by atoms with Crippen LogP contribution in [0.15, 0.2) is 66.4 Å². The van der Waals surface area contributed by atoms with Gasteiger partial charge in [0.05, 0.1) is 19.9 Å². The maximum absolute atomic E-state index is 12.2. The molecule has 0 aliphatic carbocycles. The van der Waals surface area contributed by atoms with E-state index in [-0.39, 0.29) is 19.8 Å². The first kappa shape index (κ1) is 25.2. The summed E-state index contributed by atoms with van der Waals surface area (Å²) < 4.78 is 21.6. The van der Waals surface area contributed by atoms with Crippen LogP contribution in [0.25, 0.3) is 10.9 Å². The number of rotatable bonds is 12. The van der Waals surface area contributed by atoms with Crippen LogP contribution in [0, 0.1) is 0 Å². The molecule has 0 fully saturated rings. The Morgan fingerprint density at radius 1 is 1.11 bits per heavy atom. The third-order valence-corrected chi connectivity index (χ3v) is 4.74. The predicted octanol–water partition coefficient (Wildman–Crippen LogP) is 3.44. The Hall–Kier alpha value is -4.40. The Labute approximate surface area is 203 Å². The van der Waals surface area contributed by atoms with Crippen LogP contribution in [0.4, 0.5) is 0 Å². The average molecular weight is 478 g/mol. The van der Waals surface area contributed by atoms with Gasteiger partial charge < -0.3 is 18.9 Å². The standard InChI is InChI=1S/C26H27N3O6/c1-4-8-20-13-18(14-22(32-3)26(20)35-17-24(31)33-5-2)15-28-29-23(30)16-34-21-11-6-9-19-10-7-12-27-25(19)21/h4,6-7,9-15H,1,5,8,16-17H2,2-3H3,(H,29,30)/b28-15+. The Kier molecular flexibility index (Phi) is 9.18. The van der Waals surface area contributed by atoms with E-state index in [9.17, 15) is 9.59 Å². The van der Waals surface area contributed by atoms with Crippen molar-refractivity contribution >= 4 is 29.0 Å². The van der Waals surface area contributed by atoms with E-state index in [1.54, 1.807) is 37.4 Å². The highest BCUT2D eigenvalue weighted by Gasteiger charge is 2.14. The molecule has 182 valence electrons. The van der Waals surface area contributed by atoms with E-state index in [4.69, 9.17) is 18.9 Å². The number of hydrogen-bond acceptors (Lipinski definition) is 8. The van der Waals surface area contributed by atoms with Crippen LogP contribution in [0.1, 0.15) is 18.1 Å². The molecular weight excluding hydrogens is 450 g/mol. The number of carbonyl (C=O) groups excluding carboxylic acids is 2. The minimum atomic E-state index is -0.478. The molecule has 0 saturated carbocycles. The second-order valence-electron chi connectivity index (χ2n) is 7.21. The Morgan fingerprint density at radius 2 is 1.94 bits per heavy atom. The van der Waals surface area contributed by atoms with Crippen molar-refractivity contribution < 1.29 is 28.5 Å². The third-order valence-electron chi connectivity index (χ3n) is 4.74. The van der Waals surface area contributed by atoms with Gasteiger partial charge in [-0.25, -0.2) is 10.2 Å². The SMILES string of the molecule is C=CCc1cc(/C=N/NC(=O)COc2cccc3cccnc23)cc(OC)c1OCC(=O)OCC. The van der Waals surface area contributed by atoms with Crippen LogP contribution in [-0.2, 0) is 20.7 Å². The molecule has 3 rings (SSSR count). The minimum Gasteiger partial charge on any atom is -0.493 e. The summed E-state index contributed by atoms with van der Waals surface area (Å²) in [6, 6.07) is 12.7. The zero-order chi connectivity index (χ0) is 25.0. The summed E-state index contributed by atoms with van der Waals surface area (Å²) in [4.78, 5) is 28.2. The van der Waals surface area contributed by atoms with Gasteiger partial charge in [0.1, 0.15) is 11.3 Å². The molecule has 0 saturated heterocycles. The Balaban J connectivity index is 1.64. The summed E-state index contributed by atoms with van der Waals surface area (Å²) in [5.41, 5.74) is 4.51. The summed E-state index contributed by atoms with van der Waals surface area (Å²) in [5.74, 6) is 0.433. The van der Waals surface area contributed by atoms with Gasteiger partial charge in [-0.3, -0.25) is 9.78 Å². The molecule has 35 heavy (non-hydrogen) atoms. The average Bonchev–Trinajstić information content (AvgIpc) is 2.87. The van der Waals surface area contributed by atoms with Crippen LogP contribution < -0.4 is 19.6 Å². The van der Waals surface area contributed by atoms with Crippen LogP contribution in [0.5, 0.6) is 17.2 Å². The predicted molar refractivity (Wildman–Crippen MR) is 132 cm³/mol. The fourth-order valence-electron chi connectivity index (χ4n) is 3.26.